The molecule has 0 fully saturated rings. The average Bonchev–Trinajstić information content (AvgIpc) is 2.58. The summed E-state index contributed by atoms with van der Waals surface area (Å²) in [6, 6.07) is 1.82. The second kappa shape index (κ2) is 5.06. The third-order valence-corrected chi connectivity index (χ3v) is 3.65. The summed E-state index contributed by atoms with van der Waals surface area (Å²) in [5.41, 5.74) is 1.01. The molecule has 1 unspecified atom stereocenters. The van der Waals surface area contributed by atoms with E-state index in [1.807, 2.05) is 6.07 Å². The molecule has 0 bridgehead atoms. The van der Waals surface area contributed by atoms with E-state index in [4.69, 9.17) is 11.6 Å². The lowest BCUT2D eigenvalue weighted by Gasteiger charge is -2.13. The van der Waals surface area contributed by atoms with Gasteiger partial charge in [-0.25, -0.2) is 0 Å². The molecule has 0 saturated heterocycles. The number of aryl methyl sites for hydroxylation is 1. The maximum atomic E-state index is 10.3. The SMILES string of the molecule is Cn1ncc(Cl)c1C(O)c1ncc(Br)cc1Br. The largest absolute Gasteiger partial charge is 0.380 e. The second-order valence-electron chi connectivity index (χ2n) is 3.42. The van der Waals surface area contributed by atoms with Crippen molar-refractivity contribution in [1.29, 1.82) is 0 Å². The maximum Gasteiger partial charge on any atom is 0.140 e. The van der Waals surface area contributed by atoms with Gasteiger partial charge in [0.05, 0.1) is 22.6 Å². The van der Waals surface area contributed by atoms with E-state index >= 15 is 0 Å². The van der Waals surface area contributed by atoms with Gasteiger partial charge in [0.25, 0.3) is 0 Å². The van der Waals surface area contributed by atoms with Gasteiger partial charge in [-0.2, -0.15) is 5.10 Å². The first-order valence-electron chi connectivity index (χ1n) is 4.67. The fourth-order valence-electron chi connectivity index (χ4n) is 1.48. The number of halogens is 3. The van der Waals surface area contributed by atoms with Crippen LogP contribution in [-0.4, -0.2) is 19.9 Å². The smallest absolute Gasteiger partial charge is 0.140 e. The molecule has 4 nitrogen and oxygen atoms in total. The summed E-state index contributed by atoms with van der Waals surface area (Å²) in [6.07, 6.45) is 2.19. The van der Waals surface area contributed by atoms with Crippen LogP contribution in [0.2, 0.25) is 5.02 Å². The van der Waals surface area contributed by atoms with Crippen molar-refractivity contribution in [3.8, 4) is 0 Å². The maximum absolute atomic E-state index is 10.3. The van der Waals surface area contributed by atoms with Crippen LogP contribution in [0, 0.1) is 0 Å². The Balaban J connectivity index is 2.47. The quantitative estimate of drug-likeness (QED) is 0.870. The molecule has 0 radical (unpaired) electrons. The monoisotopic (exact) mass is 379 g/mol. The normalized spacial score (nSPS) is 12.8. The number of aliphatic hydroxyl groups excluding tert-OH is 1. The zero-order chi connectivity index (χ0) is 12.6. The fourth-order valence-corrected chi connectivity index (χ4v) is 2.96. The standard InChI is InChI=1S/C10H8Br2ClN3O/c1-16-9(7(13)4-15-16)10(17)8-6(12)2-5(11)3-14-8/h2-4,10,17H,1H3. The van der Waals surface area contributed by atoms with E-state index in [1.54, 1.807) is 13.2 Å². The summed E-state index contributed by atoms with van der Waals surface area (Å²) >= 11 is 12.6. The number of nitrogens with zero attached hydrogens (tertiary/aromatic N) is 3. The highest BCUT2D eigenvalue weighted by Gasteiger charge is 2.21. The van der Waals surface area contributed by atoms with Crippen LogP contribution in [0.25, 0.3) is 0 Å². The topological polar surface area (TPSA) is 50.9 Å². The number of rotatable bonds is 2. The van der Waals surface area contributed by atoms with E-state index in [0.29, 0.717) is 20.9 Å². The van der Waals surface area contributed by atoms with Gasteiger partial charge in [0.1, 0.15) is 6.10 Å². The highest BCUT2D eigenvalue weighted by molar-refractivity contribution is 9.11. The number of aromatic nitrogens is 3. The second-order valence-corrected chi connectivity index (χ2v) is 5.60. The zero-order valence-corrected chi connectivity index (χ0v) is 12.7. The number of pyridine rings is 1. The highest BCUT2D eigenvalue weighted by Crippen LogP contribution is 2.31. The van der Waals surface area contributed by atoms with E-state index in [0.717, 1.165) is 4.47 Å². The Labute approximate surface area is 120 Å². The van der Waals surface area contributed by atoms with Crippen LogP contribution >= 0.6 is 43.5 Å². The lowest BCUT2D eigenvalue weighted by Crippen LogP contribution is -2.09. The third kappa shape index (κ3) is 2.54. The fraction of sp³-hybridized carbons (Fsp3) is 0.200. The van der Waals surface area contributed by atoms with Crippen LogP contribution in [0.3, 0.4) is 0 Å². The van der Waals surface area contributed by atoms with Crippen molar-refractivity contribution in [1.82, 2.24) is 14.8 Å². The molecule has 1 N–H and O–H groups in total. The molecule has 1 atom stereocenters. The minimum absolute atomic E-state index is 0.414. The van der Waals surface area contributed by atoms with Gasteiger partial charge in [0.2, 0.25) is 0 Å². The molecule has 90 valence electrons. The van der Waals surface area contributed by atoms with Crippen molar-refractivity contribution in [2.24, 2.45) is 7.05 Å². The summed E-state index contributed by atoms with van der Waals surface area (Å²) in [7, 11) is 1.72. The Hall–Kier alpha value is -0.430. The van der Waals surface area contributed by atoms with E-state index in [9.17, 15) is 5.11 Å². The Morgan fingerprint density at radius 1 is 1.41 bits per heavy atom. The van der Waals surface area contributed by atoms with E-state index in [1.165, 1.54) is 10.9 Å². The minimum atomic E-state index is -0.919. The van der Waals surface area contributed by atoms with Gasteiger partial charge in [-0.15, -0.1) is 0 Å². The Kier molecular flexibility index (Phi) is 3.87. The predicted octanol–water partition coefficient (Wildman–Crippen LogP) is 3.08. The number of hydrogen-bond donors (Lipinski definition) is 1. The lowest BCUT2D eigenvalue weighted by molar-refractivity contribution is 0.204. The number of aliphatic hydroxyl groups is 1. The van der Waals surface area contributed by atoms with Crippen LogP contribution < -0.4 is 0 Å². The molecule has 0 saturated carbocycles. The first-order chi connectivity index (χ1) is 8.00. The first-order valence-corrected chi connectivity index (χ1v) is 6.63. The molecule has 0 aliphatic carbocycles. The van der Waals surface area contributed by atoms with Gasteiger partial charge in [-0.05, 0) is 37.9 Å². The summed E-state index contributed by atoms with van der Waals surface area (Å²) in [5, 5.41) is 14.7. The molecule has 0 amide bonds. The van der Waals surface area contributed by atoms with Gasteiger partial charge < -0.3 is 5.11 Å². The van der Waals surface area contributed by atoms with Crippen LogP contribution in [0.1, 0.15) is 17.5 Å². The van der Waals surface area contributed by atoms with Gasteiger partial charge in [-0.3, -0.25) is 9.67 Å². The summed E-state index contributed by atoms with van der Waals surface area (Å²) in [5.74, 6) is 0. The minimum Gasteiger partial charge on any atom is -0.380 e. The highest BCUT2D eigenvalue weighted by atomic mass is 79.9. The van der Waals surface area contributed by atoms with E-state index < -0.39 is 6.10 Å². The van der Waals surface area contributed by atoms with E-state index in [-0.39, 0.29) is 0 Å². The Morgan fingerprint density at radius 3 is 2.65 bits per heavy atom. The molecular weight excluding hydrogens is 373 g/mol. The van der Waals surface area contributed by atoms with Crippen molar-refractivity contribution in [2.75, 3.05) is 0 Å². The van der Waals surface area contributed by atoms with Crippen molar-refractivity contribution < 1.29 is 5.11 Å². The molecule has 2 aromatic heterocycles. The van der Waals surface area contributed by atoms with Gasteiger partial charge >= 0.3 is 0 Å². The molecule has 17 heavy (non-hydrogen) atoms. The molecule has 2 heterocycles. The molecular formula is C10H8Br2ClN3O. The third-order valence-electron chi connectivity index (χ3n) is 2.29. The average molecular weight is 381 g/mol. The molecule has 0 aliphatic heterocycles. The van der Waals surface area contributed by atoms with Crippen molar-refractivity contribution in [3.63, 3.8) is 0 Å². The number of hydrogen-bond acceptors (Lipinski definition) is 3. The molecule has 0 aromatic carbocycles. The van der Waals surface area contributed by atoms with Crippen molar-refractivity contribution in [3.05, 3.63) is 43.8 Å². The lowest BCUT2D eigenvalue weighted by atomic mass is 10.1. The predicted molar refractivity (Wildman–Crippen MR) is 71.9 cm³/mol. The van der Waals surface area contributed by atoms with Crippen LogP contribution in [0.4, 0.5) is 0 Å². The molecule has 7 heteroatoms. The first kappa shape index (κ1) is 13.0. The Bertz CT molecular complexity index is 539. The summed E-state index contributed by atoms with van der Waals surface area (Å²) < 4.78 is 3.07. The van der Waals surface area contributed by atoms with Gasteiger partial charge in [-0.1, -0.05) is 11.6 Å². The van der Waals surface area contributed by atoms with E-state index in [2.05, 4.69) is 41.9 Å². The molecule has 0 spiro atoms. The molecule has 2 rings (SSSR count). The van der Waals surface area contributed by atoms with Gasteiger partial charge in [0.15, 0.2) is 0 Å². The zero-order valence-electron chi connectivity index (χ0n) is 8.73. The molecule has 0 aliphatic rings. The van der Waals surface area contributed by atoms with Crippen molar-refractivity contribution >= 4 is 43.5 Å². The van der Waals surface area contributed by atoms with Crippen LogP contribution in [-0.2, 0) is 7.05 Å². The molecule has 2 aromatic rings. The van der Waals surface area contributed by atoms with Gasteiger partial charge in [0, 0.05) is 22.2 Å². The Morgan fingerprint density at radius 2 is 2.12 bits per heavy atom. The van der Waals surface area contributed by atoms with Crippen LogP contribution in [0.5, 0.6) is 0 Å². The summed E-state index contributed by atoms with van der Waals surface area (Å²) in [4.78, 5) is 4.17. The summed E-state index contributed by atoms with van der Waals surface area (Å²) in [6.45, 7) is 0. The van der Waals surface area contributed by atoms with Crippen LogP contribution in [0.15, 0.2) is 27.4 Å². The van der Waals surface area contributed by atoms with Crippen molar-refractivity contribution in [2.45, 2.75) is 6.10 Å².